The molecular formula is C24H31FN2O7S. The first-order chi connectivity index (χ1) is 16.4. The van der Waals surface area contributed by atoms with Crippen LogP contribution in [0.4, 0.5) is 4.39 Å². The van der Waals surface area contributed by atoms with Crippen molar-refractivity contribution in [3.8, 4) is 16.9 Å². The van der Waals surface area contributed by atoms with E-state index in [1.54, 1.807) is 24.3 Å². The van der Waals surface area contributed by atoms with Crippen LogP contribution in [0.15, 0.2) is 41.3 Å². The monoisotopic (exact) mass is 510 g/mol. The number of aliphatic hydroxyl groups excluding tert-OH is 1. The molecule has 0 aliphatic heterocycles. The lowest BCUT2D eigenvalue weighted by Crippen LogP contribution is -2.50. The van der Waals surface area contributed by atoms with Crippen molar-refractivity contribution in [2.24, 2.45) is 5.92 Å². The summed E-state index contributed by atoms with van der Waals surface area (Å²) >= 11 is 0. The second kappa shape index (κ2) is 10.9. The Kier molecular flexibility index (Phi) is 8.34. The third-order valence-corrected chi connectivity index (χ3v) is 8.80. The number of halogens is 1. The normalized spacial score (nSPS) is 20.1. The van der Waals surface area contributed by atoms with Crippen LogP contribution < -0.4 is 15.8 Å². The number of hydroxylamine groups is 1. The van der Waals surface area contributed by atoms with Gasteiger partial charge >= 0.3 is 0 Å². The fraction of sp³-hybridized carbons (Fsp3) is 0.500. The largest absolute Gasteiger partial charge is 0.493 e. The molecule has 1 aliphatic carbocycles. The number of ether oxygens (including phenoxy) is 1. The molecule has 0 unspecified atom stereocenters. The molecule has 3 rings (SSSR count). The van der Waals surface area contributed by atoms with Gasteiger partial charge in [-0.15, -0.1) is 0 Å². The maximum atomic E-state index is 14.9. The average molecular weight is 511 g/mol. The number of sulfone groups is 1. The van der Waals surface area contributed by atoms with Gasteiger partial charge in [0.25, 0.3) is 11.5 Å². The van der Waals surface area contributed by atoms with E-state index in [9.17, 15) is 27.5 Å². The van der Waals surface area contributed by atoms with E-state index in [0.717, 1.165) is 55.7 Å². The Bertz CT molecular complexity index is 1210. The number of hydrogen-bond donors (Lipinski definition) is 3. The molecule has 2 aromatic rings. The molecule has 3 N–H and O–H groups in total. The number of aryl methyl sites for hydroxylation is 1. The number of carbonyl (C=O) groups excluding carboxylic acids is 1. The second-order valence-electron chi connectivity index (χ2n) is 9.27. The molecule has 1 amide bonds. The first-order valence-corrected chi connectivity index (χ1v) is 13.3. The lowest BCUT2D eigenvalue weighted by molar-refractivity contribution is -0.131. The van der Waals surface area contributed by atoms with Crippen molar-refractivity contribution >= 4 is 15.7 Å². The predicted molar refractivity (Wildman–Crippen MR) is 127 cm³/mol. The van der Waals surface area contributed by atoms with E-state index in [2.05, 4.69) is 0 Å². The van der Waals surface area contributed by atoms with Gasteiger partial charge in [-0.05, 0) is 62.6 Å². The lowest BCUT2D eigenvalue weighted by Gasteiger charge is -2.25. The highest BCUT2D eigenvalue weighted by atomic mass is 32.2. The Morgan fingerprint density at radius 3 is 2.43 bits per heavy atom. The Balaban J connectivity index is 1.70. The van der Waals surface area contributed by atoms with Gasteiger partial charge < -0.3 is 14.4 Å². The number of aromatic nitrogens is 1. The number of nitrogens with zero attached hydrogens (tertiary/aromatic N) is 1. The number of pyridine rings is 1. The third-order valence-electron chi connectivity index (χ3n) is 6.77. The van der Waals surface area contributed by atoms with Gasteiger partial charge in [0.2, 0.25) is 0 Å². The highest BCUT2D eigenvalue weighted by Crippen LogP contribution is 2.28. The summed E-state index contributed by atoms with van der Waals surface area (Å²) in [6.45, 7) is 1.42. The Hall–Kier alpha value is -2.76. The summed E-state index contributed by atoms with van der Waals surface area (Å²) in [7, 11) is -3.94. The lowest BCUT2D eigenvalue weighted by atomic mass is 9.88. The van der Waals surface area contributed by atoms with Gasteiger partial charge in [-0.25, -0.2) is 18.3 Å². The third kappa shape index (κ3) is 6.28. The number of aliphatic hydroxyl groups is 1. The van der Waals surface area contributed by atoms with Crippen molar-refractivity contribution in [2.45, 2.75) is 56.4 Å². The number of nitrogens with one attached hydrogen (secondary N) is 1. The van der Waals surface area contributed by atoms with Gasteiger partial charge in [0.1, 0.15) is 11.6 Å². The fourth-order valence-corrected chi connectivity index (χ4v) is 4.96. The maximum absolute atomic E-state index is 14.9. The SMILES string of the molecule is C[C@@](CCn1cc(F)c(-c2ccc(OC[C@H]3CC[C@H](O)CC3)cc2)cc1=O)(C(=O)NO)S(C)(=O)=O. The summed E-state index contributed by atoms with van der Waals surface area (Å²) in [6.07, 6.45) is 4.63. The molecule has 0 spiro atoms. The molecule has 0 radical (unpaired) electrons. The van der Waals surface area contributed by atoms with Crippen LogP contribution in [-0.4, -0.2) is 52.9 Å². The van der Waals surface area contributed by atoms with Gasteiger partial charge in [0.15, 0.2) is 14.6 Å². The molecule has 1 aromatic carbocycles. The molecule has 0 saturated heterocycles. The van der Waals surface area contributed by atoms with Crippen LogP contribution in [-0.2, 0) is 21.2 Å². The van der Waals surface area contributed by atoms with Gasteiger partial charge in [-0.3, -0.25) is 14.8 Å². The Labute approximate surface area is 203 Å². The maximum Gasteiger partial charge on any atom is 0.264 e. The van der Waals surface area contributed by atoms with E-state index >= 15 is 0 Å². The van der Waals surface area contributed by atoms with Crippen LogP contribution in [0.2, 0.25) is 0 Å². The first kappa shape index (κ1) is 26.8. The minimum Gasteiger partial charge on any atom is -0.493 e. The zero-order valence-electron chi connectivity index (χ0n) is 19.7. The van der Waals surface area contributed by atoms with Crippen molar-refractivity contribution < 1.29 is 32.7 Å². The molecule has 1 aromatic heterocycles. The molecule has 0 bridgehead atoms. The molecule has 35 heavy (non-hydrogen) atoms. The van der Waals surface area contributed by atoms with E-state index < -0.39 is 31.9 Å². The summed E-state index contributed by atoms with van der Waals surface area (Å²) in [6, 6.07) is 7.80. The molecule has 1 saturated carbocycles. The zero-order valence-corrected chi connectivity index (χ0v) is 20.6. The van der Waals surface area contributed by atoms with Gasteiger partial charge in [0, 0.05) is 30.6 Å². The standard InChI is InChI=1S/C24H31FN2O7S/c1-24(23(30)26-31,35(2,32)33)11-12-27-14-21(25)20(13-22(27)29)17-5-9-19(10-6-17)34-15-16-3-7-18(28)8-4-16/h5-6,9-10,13-14,16,18,28,31H,3-4,7-8,11-12,15H2,1-2H3,(H,26,30)/t16-,18-,24-/m1/s1. The number of amides is 1. The summed E-state index contributed by atoms with van der Waals surface area (Å²) in [5.74, 6) is -0.813. The van der Waals surface area contributed by atoms with Crippen molar-refractivity contribution in [2.75, 3.05) is 12.9 Å². The Morgan fingerprint density at radius 2 is 1.86 bits per heavy atom. The van der Waals surface area contributed by atoms with Gasteiger partial charge in [0.05, 0.1) is 12.7 Å². The highest BCUT2D eigenvalue weighted by molar-refractivity contribution is 7.92. The fourth-order valence-electron chi connectivity index (χ4n) is 4.12. The number of benzene rings is 1. The highest BCUT2D eigenvalue weighted by Gasteiger charge is 2.43. The predicted octanol–water partition coefficient (Wildman–Crippen LogP) is 2.28. The second-order valence-corrected chi connectivity index (χ2v) is 11.7. The van der Waals surface area contributed by atoms with E-state index in [4.69, 9.17) is 9.94 Å². The topological polar surface area (TPSA) is 135 Å². The molecule has 9 nitrogen and oxygen atoms in total. The Morgan fingerprint density at radius 1 is 1.23 bits per heavy atom. The van der Waals surface area contributed by atoms with Crippen molar-refractivity contribution in [1.29, 1.82) is 0 Å². The van der Waals surface area contributed by atoms with E-state index in [1.807, 2.05) is 0 Å². The van der Waals surface area contributed by atoms with Crippen LogP contribution in [0.1, 0.15) is 39.0 Å². The van der Waals surface area contributed by atoms with Crippen LogP contribution >= 0.6 is 0 Å². The van der Waals surface area contributed by atoms with Crippen molar-refractivity contribution in [1.82, 2.24) is 10.0 Å². The quantitative estimate of drug-likeness (QED) is 0.348. The minimum absolute atomic E-state index is 0.0815. The van der Waals surface area contributed by atoms with E-state index in [0.29, 0.717) is 23.8 Å². The van der Waals surface area contributed by atoms with Crippen LogP contribution in [0.5, 0.6) is 5.75 Å². The van der Waals surface area contributed by atoms with Gasteiger partial charge in [-0.1, -0.05) is 12.1 Å². The van der Waals surface area contributed by atoms with E-state index in [-0.39, 0.29) is 24.6 Å². The average Bonchev–Trinajstić information content (AvgIpc) is 2.83. The summed E-state index contributed by atoms with van der Waals surface area (Å²) in [5, 5.41) is 18.5. The zero-order chi connectivity index (χ0) is 25.8. The molecule has 1 atom stereocenters. The van der Waals surface area contributed by atoms with Crippen LogP contribution in [0, 0.1) is 11.7 Å². The van der Waals surface area contributed by atoms with Crippen molar-refractivity contribution in [3.05, 3.63) is 52.7 Å². The van der Waals surface area contributed by atoms with Crippen LogP contribution in [0.25, 0.3) is 11.1 Å². The molecule has 1 heterocycles. The summed E-state index contributed by atoms with van der Waals surface area (Å²) in [4.78, 5) is 24.5. The van der Waals surface area contributed by atoms with Crippen molar-refractivity contribution in [3.63, 3.8) is 0 Å². The number of rotatable bonds is 9. The molecule has 192 valence electrons. The first-order valence-electron chi connectivity index (χ1n) is 11.4. The molecule has 1 aliphatic rings. The number of hydrogen-bond acceptors (Lipinski definition) is 7. The number of carbonyl (C=O) groups is 1. The molecular weight excluding hydrogens is 479 g/mol. The molecule has 11 heteroatoms. The minimum atomic E-state index is -3.94. The summed E-state index contributed by atoms with van der Waals surface area (Å²) < 4.78 is 43.9. The van der Waals surface area contributed by atoms with Gasteiger partial charge in [-0.2, -0.15) is 0 Å². The van der Waals surface area contributed by atoms with E-state index in [1.165, 1.54) is 5.48 Å². The molecule has 1 fully saturated rings. The smallest absolute Gasteiger partial charge is 0.264 e. The summed E-state index contributed by atoms with van der Waals surface area (Å²) in [5.41, 5.74) is 1.33. The van der Waals surface area contributed by atoms with Crippen LogP contribution in [0.3, 0.4) is 0 Å².